The number of halogens is 4. The highest BCUT2D eigenvalue weighted by molar-refractivity contribution is 5.36. The smallest absolute Gasteiger partial charge is 0.206 e. The summed E-state index contributed by atoms with van der Waals surface area (Å²) in [6, 6.07) is 2.25. The van der Waals surface area contributed by atoms with E-state index in [9.17, 15) is 17.6 Å². The quantitative estimate of drug-likeness (QED) is 0.286. The van der Waals surface area contributed by atoms with Gasteiger partial charge in [-0.25, -0.2) is 4.39 Å². The molecule has 2 saturated carbocycles. The Morgan fingerprint density at radius 2 is 1.47 bits per heavy atom. The first-order valence-corrected chi connectivity index (χ1v) is 13.2. The molecule has 4 heteroatoms. The number of fused-ring (bicyclic) bond motifs is 2. The minimum atomic E-state index is -4.61. The third kappa shape index (κ3) is 5.70. The molecule has 5 atom stereocenters. The van der Waals surface area contributed by atoms with Gasteiger partial charge in [-0.2, -0.15) is 13.2 Å². The maximum Gasteiger partial charge on any atom is 0.419 e. The van der Waals surface area contributed by atoms with Crippen LogP contribution >= 0.6 is 0 Å². The van der Waals surface area contributed by atoms with Crippen molar-refractivity contribution in [2.24, 2.45) is 29.6 Å². The molecule has 0 N–H and O–H groups in total. The van der Waals surface area contributed by atoms with E-state index in [1.807, 2.05) is 0 Å². The molecule has 2 fully saturated rings. The number of unbranched alkanes of at least 4 members (excludes halogenated alkanes) is 4. The monoisotopic (exact) mass is 452 g/mol. The Morgan fingerprint density at radius 3 is 2.22 bits per heavy atom. The van der Waals surface area contributed by atoms with Crippen LogP contribution in [0.5, 0.6) is 0 Å². The summed E-state index contributed by atoms with van der Waals surface area (Å²) in [7, 11) is 0. The van der Waals surface area contributed by atoms with E-state index in [-0.39, 0.29) is 0 Å². The van der Waals surface area contributed by atoms with Crippen molar-refractivity contribution in [1.29, 1.82) is 0 Å². The summed E-state index contributed by atoms with van der Waals surface area (Å²) in [5, 5.41) is 0. The van der Waals surface area contributed by atoms with Gasteiger partial charge in [0.2, 0.25) is 0 Å². The van der Waals surface area contributed by atoms with E-state index in [2.05, 4.69) is 6.92 Å². The van der Waals surface area contributed by atoms with E-state index in [1.54, 1.807) is 0 Å². The second-order valence-electron chi connectivity index (χ2n) is 11.1. The van der Waals surface area contributed by atoms with Crippen molar-refractivity contribution in [3.8, 4) is 0 Å². The van der Waals surface area contributed by atoms with Gasteiger partial charge in [0.25, 0.3) is 0 Å². The zero-order chi connectivity index (χ0) is 22.7. The molecule has 1 aromatic carbocycles. The zero-order valence-electron chi connectivity index (χ0n) is 19.7. The Kier molecular flexibility index (Phi) is 7.88. The minimum Gasteiger partial charge on any atom is -0.206 e. The van der Waals surface area contributed by atoms with Crippen molar-refractivity contribution in [2.45, 2.75) is 109 Å². The Balaban J connectivity index is 1.29. The van der Waals surface area contributed by atoms with Crippen LogP contribution in [0.4, 0.5) is 17.6 Å². The molecule has 0 aromatic heterocycles. The van der Waals surface area contributed by atoms with Crippen LogP contribution in [0.15, 0.2) is 12.1 Å². The highest BCUT2D eigenvalue weighted by atomic mass is 19.4. The van der Waals surface area contributed by atoms with Gasteiger partial charge in [0.1, 0.15) is 5.82 Å². The highest BCUT2D eigenvalue weighted by Gasteiger charge is 2.40. The Bertz CT molecular complexity index is 753. The number of aryl methyl sites for hydroxylation is 1. The first kappa shape index (κ1) is 24.1. The number of benzene rings is 1. The predicted octanol–water partition coefficient (Wildman–Crippen LogP) is 9.14. The molecule has 4 rings (SSSR count). The maximum atomic E-state index is 14.1. The maximum absolute atomic E-state index is 14.1. The van der Waals surface area contributed by atoms with E-state index < -0.39 is 17.6 Å². The molecular weight excluding hydrogens is 412 g/mol. The van der Waals surface area contributed by atoms with Crippen molar-refractivity contribution in [1.82, 2.24) is 0 Å². The molecule has 3 aliphatic carbocycles. The molecule has 0 radical (unpaired) electrons. The molecular formula is C28H40F4. The molecule has 3 aliphatic rings. The number of hydrogen-bond acceptors (Lipinski definition) is 0. The van der Waals surface area contributed by atoms with Crippen molar-refractivity contribution in [2.75, 3.05) is 0 Å². The number of hydrogen-bond donors (Lipinski definition) is 0. The van der Waals surface area contributed by atoms with Crippen molar-refractivity contribution >= 4 is 0 Å². The lowest BCUT2D eigenvalue weighted by Gasteiger charge is -2.45. The van der Waals surface area contributed by atoms with Gasteiger partial charge in [-0.15, -0.1) is 0 Å². The number of alkyl halides is 3. The second kappa shape index (κ2) is 10.5. The van der Waals surface area contributed by atoms with Crippen molar-refractivity contribution < 1.29 is 17.6 Å². The van der Waals surface area contributed by atoms with Crippen molar-refractivity contribution in [3.05, 3.63) is 34.6 Å². The molecule has 0 bridgehead atoms. The van der Waals surface area contributed by atoms with Gasteiger partial charge in [-0.05, 0) is 104 Å². The van der Waals surface area contributed by atoms with E-state index in [4.69, 9.17) is 0 Å². The van der Waals surface area contributed by atoms with Gasteiger partial charge < -0.3 is 0 Å². The molecule has 0 heterocycles. The topological polar surface area (TPSA) is 0 Å². The third-order valence-electron chi connectivity index (χ3n) is 9.01. The van der Waals surface area contributed by atoms with Crippen molar-refractivity contribution in [3.63, 3.8) is 0 Å². The fourth-order valence-corrected chi connectivity index (χ4v) is 7.18. The van der Waals surface area contributed by atoms with Crippen LogP contribution in [-0.4, -0.2) is 0 Å². The van der Waals surface area contributed by atoms with Crippen LogP contribution < -0.4 is 0 Å². The summed E-state index contributed by atoms with van der Waals surface area (Å²) >= 11 is 0. The third-order valence-corrected chi connectivity index (χ3v) is 9.01. The van der Waals surface area contributed by atoms with Gasteiger partial charge in [0, 0.05) is 0 Å². The van der Waals surface area contributed by atoms with Gasteiger partial charge >= 0.3 is 6.18 Å². The first-order valence-electron chi connectivity index (χ1n) is 13.2. The molecule has 0 saturated heterocycles. The summed E-state index contributed by atoms with van der Waals surface area (Å²) in [5.41, 5.74) is 0.432. The fraction of sp³-hybridized carbons (Fsp3) is 0.786. The Labute approximate surface area is 191 Å². The summed E-state index contributed by atoms with van der Waals surface area (Å²) < 4.78 is 53.3. The van der Waals surface area contributed by atoms with Gasteiger partial charge in [0.05, 0.1) is 5.56 Å². The molecule has 0 spiro atoms. The lowest BCUT2D eigenvalue weighted by molar-refractivity contribution is -0.140. The molecule has 1 aromatic rings. The van der Waals surface area contributed by atoms with E-state index in [1.165, 1.54) is 83.1 Å². The molecule has 0 nitrogen and oxygen atoms in total. The summed E-state index contributed by atoms with van der Waals surface area (Å²) in [6.07, 6.45) is 14.1. The van der Waals surface area contributed by atoms with E-state index >= 15 is 0 Å². The molecule has 0 amide bonds. The molecule has 180 valence electrons. The predicted molar refractivity (Wildman–Crippen MR) is 122 cm³/mol. The van der Waals surface area contributed by atoms with Crippen LogP contribution in [0.3, 0.4) is 0 Å². The molecule has 0 aliphatic heterocycles. The van der Waals surface area contributed by atoms with Crippen LogP contribution in [0, 0.1) is 35.4 Å². The SMILES string of the molecule is CCCCCCCC1CCC2CC(C3CCc4cc(C(F)(F)F)c(F)cc4C3)CCC2C1. The zero-order valence-corrected chi connectivity index (χ0v) is 19.7. The Morgan fingerprint density at radius 1 is 0.781 bits per heavy atom. The van der Waals surface area contributed by atoms with Crippen LogP contribution in [0.25, 0.3) is 0 Å². The van der Waals surface area contributed by atoms with Crippen LogP contribution in [0.2, 0.25) is 0 Å². The van der Waals surface area contributed by atoms with Crippen LogP contribution in [0.1, 0.15) is 107 Å². The Hall–Kier alpha value is -1.06. The average Bonchev–Trinajstić information content (AvgIpc) is 2.77. The number of rotatable bonds is 7. The van der Waals surface area contributed by atoms with Gasteiger partial charge in [-0.3, -0.25) is 0 Å². The summed E-state index contributed by atoms with van der Waals surface area (Å²) in [4.78, 5) is 0. The van der Waals surface area contributed by atoms with Gasteiger partial charge in [-0.1, -0.05) is 51.9 Å². The second-order valence-corrected chi connectivity index (χ2v) is 11.1. The van der Waals surface area contributed by atoms with Crippen LogP contribution in [-0.2, 0) is 19.0 Å². The fourth-order valence-electron chi connectivity index (χ4n) is 7.18. The molecule has 32 heavy (non-hydrogen) atoms. The van der Waals surface area contributed by atoms with E-state index in [0.717, 1.165) is 42.2 Å². The average molecular weight is 453 g/mol. The largest absolute Gasteiger partial charge is 0.419 e. The standard InChI is InChI=1S/C28H40F4/c1-2-3-4-5-6-7-19-8-9-21-15-22(11-10-20(21)14-19)23-12-13-24-17-26(28(30,31)32)27(29)18-25(24)16-23/h17-23H,2-16H2,1H3. The lowest BCUT2D eigenvalue weighted by atomic mass is 9.61. The minimum absolute atomic E-state index is 0.510. The first-order chi connectivity index (χ1) is 15.3. The van der Waals surface area contributed by atoms with E-state index in [0.29, 0.717) is 23.8 Å². The summed E-state index contributed by atoms with van der Waals surface area (Å²) in [6.45, 7) is 2.27. The highest BCUT2D eigenvalue weighted by Crippen LogP contribution is 2.49. The molecule has 5 unspecified atom stereocenters. The lowest BCUT2D eigenvalue weighted by Crippen LogP contribution is -2.35. The van der Waals surface area contributed by atoms with Gasteiger partial charge in [0.15, 0.2) is 0 Å². The normalized spacial score (nSPS) is 30.6. The summed E-state index contributed by atoms with van der Waals surface area (Å²) in [5.74, 6) is 2.74.